The van der Waals surface area contributed by atoms with Crippen LogP contribution in [0.5, 0.6) is 0 Å². The highest BCUT2D eigenvalue weighted by atomic mass is 16.5. The van der Waals surface area contributed by atoms with Crippen molar-refractivity contribution >= 4 is 5.78 Å². The first-order valence-corrected chi connectivity index (χ1v) is 6.59. The van der Waals surface area contributed by atoms with Crippen LogP contribution in [-0.4, -0.2) is 43.0 Å². The van der Waals surface area contributed by atoms with Crippen molar-refractivity contribution in [3.63, 3.8) is 0 Å². The first-order chi connectivity index (χ1) is 7.75. The van der Waals surface area contributed by atoms with Crippen LogP contribution >= 0.6 is 0 Å². The van der Waals surface area contributed by atoms with E-state index in [0.717, 1.165) is 25.9 Å². The average Bonchev–Trinajstić information content (AvgIpc) is 2.85. The Morgan fingerprint density at radius 3 is 2.38 bits per heavy atom. The maximum absolute atomic E-state index is 12.3. The van der Waals surface area contributed by atoms with Gasteiger partial charge in [-0.05, 0) is 39.2 Å². The molecule has 0 amide bonds. The Balaban J connectivity index is 1.66. The van der Waals surface area contributed by atoms with E-state index >= 15 is 0 Å². The zero-order valence-electron chi connectivity index (χ0n) is 10.0. The third-order valence-electron chi connectivity index (χ3n) is 4.83. The average molecular weight is 223 g/mol. The fraction of sp³-hybridized carbons (Fsp3) is 0.923. The molecule has 16 heavy (non-hydrogen) atoms. The topological polar surface area (TPSA) is 29.5 Å². The van der Waals surface area contributed by atoms with Crippen molar-refractivity contribution in [3.05, 3.63) is 0 Å². The van der Waals surface area contributed by atoms with Crippen LogP contribution in [0.4, 0.5) is 0 Å². The number of fused-ring (bicyclic) bond motifs is 2. The summed E-state index contributed by atoms with van der Waals surface area (Å²) in [6.45, 7) is 1.47. The highest BCUT2D eigenvalue weighted by Crippen LogP contribution is 2.39. The zero-order chi connectivity index (χ0) is 11.1. The number of carbonyl (C=O) groups excluding carboxylic acids is 1. The molecular weight excluding hydrogens is 202 g/mol. The molecule has 3 heterocycles. The van der Waals surface area contributed by atoms with Gasteiger partial charge in [0.1, 0.15) is 5.78 Å². The van der Waals surface area contributed by atoms with Crippen molar-refractivity contribution < 1.29 is 9.53 Å². The summed E-state index contributed by atoms with van der Waals surface area (Å²) < 4.78 is 5.33. The molecule has 0 aromatic carbocycles. The van der Waals surface area contributed by atoms with Crippen molar-refractivity contribution in [2.75, 3.05) is 20.3 Å². The minimum atomic E-state index is 0.216. The third-order valence-corrected chi connectivity index (χ3v) is 4.83. The second-order valence-corrected chi connectivity index (χ2v) is 5.68. The van der Waals surface area contributed by atoms with Gasteiger partial charge in [-0.1, -0.05) is 0 Å². The summed E-state index contributed by atoms with van der Waals surface area (Å²) in [5.74, 6) is 1.05. The number of ether oxygens (including phenoxy) is 1. The molecule has 3 atom stereocenters. The van der Waals surface area contributed by atoms with Crippen LogP contribution in [-0.2, 0) is 9.53 Å². The monoisotopic (exact) mass is 223 g/mol. The van der Waals surface area contributed by atoms with Gasteiger partial charge < -0.3 is 9.64 Å². The molecule has 0 aromatic rings. The molecule has 3 fully saturated rings. The minimum Gasteiger partial charge on any atom is -0.381 e. The van der Waals surface area contributed by atoms with Gasteiger partial charge in [0, 0.05) is 30.5 Å². The molecule has 0 aromatic heterocycles. The molecule has 0 aliphatic carbocycles. The Morgan fingerprint density at radius 1 is 1.12 bits per heavy atom. The summed E-state index contributed by atoms with van der Waals surface area (Å²) in [5, 5.41) is 0. The number of nitrogens with zero attached hydrogens (tertiary/aromatic N) is 1. The van der Waals surface area contributed by atoms with Gasteiger partial charge in [-0.3, -0.25) is 4.79 Å². The fourth-order valence-electron chi connectivity index (χ4n) is 3.74. The quantitative estimate of drug-likeness (QED) is 0.710. The van der Waals surface area contributed by atoms with Crippen molar-refractivity contribution in [1.29, 1.82) is 0 Å². The molecule has 0 radical (unpaired) electrons. The molecule has 0 N–H and O–H groups in total. The van der Waals surface area contributed by atoms with E-state index in [9.17, 15) is 4.79 Å². The molecule has 3 saturated heterocycles. The molecule has 90 valence electrons. The maximum atomic E-state index is 12.3. The summed E-state index contributed by atoms with van der Waals surface area (Å²) >= 11 is 0. The lowest BCUT2D eigenvalue weighted by Gasteiger charge is -2.36. The molecule has 3 heteroatoms. The van der Waals surface area contributed by atoms with Crippen LogP contribution in [0.2, 0.25) is 0 Å². The molecule has 2 bridgehead atoms. The Labute approximate surface area is 97.1 Å². The summed E-state index contributed by atoms with van der Waals surface area (Å²) in [4.78, 5) is 14.8. The molecule has 3 aliphatic rings. The van der Waals surface area contributed by atoms with Crippen LogP contribution in [0.15, 0.2) is 0 Å². The first-order valence-electron chi connectivity index (χ1n) is 6.59. The van der Waals surface area contributed by atoms with Crippen molar-refractivity contribution in [1.82, 2.24) is 4.90 Å². The molecule has 0 spiro atoms. The molecule has 3 unspecified atom stereocenters. The van der Waals surface area contributed by atoms with E-state index in [-0.39, 0.29) is 5.92 Å². The lowest BCUT2D eigenvalue weighted by atomic mass is 9.82. The Morgan fingerprint density at radius 2 is 1.81 bits per heavy atom. The number of hydrogen-bond acceptors (Lipinski definition) is 3. The summed E-state index contributed by atoms with van der Waals surface area (Å²) in [6.07, 6.45) is 5.75. The lowest BCUT2D eigenvalue weighted by Crippen LogP contribution is -2.43. The van der Waals surface area contributed by atoms with Gasteiger partial charge in [0.25, 0.3) is 0 Å². The SMILES string of the molecule is CN1C2CCC1CC(C(=O)C1CCOC1)C2. The Kier molecular flexibility index (Phi) is 2.76. The summed E-state index contributed by atoms with van der Waals surface area (Å²) in [7, 11) is 2.22. The fourth-order valence-corrected chi connectivity index (χ4v) is 3.74. The van der Waals surface area contributed by atoms with Gasteiger partial charge in [0.15, 0.2) is 0 Å². The summed E-state index contributed by atoms with van der Waals surface area (Å²) in [5.41, 5.74) is 0. The first kappa shape index (κ1) is 10.7. The third kappa shape index (κ3) is 1.70. The summed E-state index contributed by atoms with van der Waals surface area (Å²) in [6, 6.07) is 1.35. The van der Waals surface area contributed by atoms with Crippen molar-refractivity contribution in [3.8, 4) is 0 Å². The number of hydrogen-bond donors (Lipinski definition) is 0. The van der Waals surface area contributed by atoms with Crippen LogP contribution in [0.3, 0.4) is 0 Å². The van der Waals surface area contributed by atoms with Gasteiger partial charge in [0.2, 0.25) is 0 Å². The predicted octanol–water partition coefficient (Wildman–Crippen LogP) is 1.46. The van der Waals surface area contributed by atoms with Gasteiger partial charge in [-0.15, -0.1) is 0 Å². The maximum Gasteiger partial charge on any atom is 0.141 e. The van der Waals surface area contributed by atoms with Crippen LogP contribution in [0, 0.1) is 11.8 Å². The van der Waals surface area contributed by atoms with Crippen molar-refractivity contribution in [2.24, 2.45) is 11.8 Å². The normalized spacial score (nSPS) is 43.8. The van der Waals surface area contributed by atoms with Gasteiger partial charge in [-0.2, -0.15) is 0 Å². The number of piperidine rings is 1. The standard InChI is InChI=1S/C13H21NO2/c1-14-11-2-3-12(14)7-10(6-11)13(15)9-4-5-16-8-9/h9-12H,2-8H2,1H3. The minimum absolute atomic E-state index is 0.216. The molecule has 3 nitrogen and oxygen atoms in total. The van der Waals surface area contributed by atoms with Gasteiger partial charge >= 0.3 is 0 Å². The largest absolute Gasteiger partial charge is 0.381 e. The van der Waals surface area contributed by atoms with Crippen molar-refractivity contribution in [2.45, 2.75) is 44.2 Å². The Bertz CT molecular complexity index is 272. The second-order valence-electron chi connectivity index (χ2n) is 5.68. The number of Topliss-reactive ketones (excluding diaryl/α,β-unsaturated/α-hetero) is 1. The second kappa shape index (κ2) is 4.11. The van der Waals surface area contributed by atoms with E-state index in [2.05, 4.69) is 11.9 Å². The number of rotatable bonds is 2. The van der Waals surface area contributed by atoms with Crippen LogP contribution in [0.1, 0.15) is 32.1 Å². The molecular formula is C13H21NO2. The lowest BCUT2D eigenvalue weighted by molar-refractivity contribution is -0.129. The highest BCUT2D eigenvalue weighted by Gasteiger charge is 2.42. The van der Waals surface area contributed by atoms with E-state index < -0.39 is 0 Å². The van der Waals surface area contributed by atoms with Gasteiger partial charge in [0.05, 0.1) is 6.61 Å². The molecule has 3 aliphatic heterocycles. The highest BCUT2D eigenvalue weighted by molar-refractivity contribution is 5.84. The van der Waals surface area contributed by atoms with E-state index in [1.807, 2.05) is 0 Å². The van der Waals surface area contributed by atoms with E-state index in [4.69, 9.17) is 4.74 Å². The van der Waals surface area contributed by atoms with E-state index in [1.54, 1.807) is 0 Å². The van der Waals surface area contributed by atoms with Crippen LogP contribution < -0.4 is 0 Å². The predicted molar refractivity (Wildman–Crippen MR) is 61.2 cm³/mol. The molecule has 0 saturated carbocycles. The zero-order valence-corrected chi connectivity index (χ0v) is 10.0. The molecule has 3 rings (SSSR count). The van der Waals surface area contributed by atoms with E-state index in [1.165, 1.54) is 12.8 Å². The number of carbonyl (C=O) groups is 1. The van der Waals surface area contributed by atoms with Gasteiger partial charge in [-0.25, -0.2) is 0 Å². The van der Waals surface area contributed by atoms with E-state index in [0.29, 0.717) is 30.4 Å². The number of ketones is 1. The Hall–Kier alpha value is -0.410. The smallest absolute Gasteiger partial charge is 0.141 e. The van der Waals surface area contributed by atoms with Crippen LogP contribution in [0.25, 0.3) is 0 Å².